The summed E-state index contributed by atoms with van der Waals surface area (Å²) in [5, 5.41) is 1.50. The minimum Gasteiger partial charge on any atom is -0.744 e. The van der Waals surface area contributed by atoms with Crippen LogP contribution in [0.3, 0.4) is 0 Å². The minimum absolute atomic E-state index is 0. The van der Waals surface area contributed by atoms with Gasteiger partial charge in [0.25, 0.3) is 0 Å². The van der Waals surface area contributed by atoms with Gasteiger partial charge in [0.1, 0.15) is 10.1 Å². The van der Waals surface area contributed by atoms with Crippen molar-refractivity contribution in [1.82, 2.24) is 0 Å². The number of unbranched alkanes of at least 4 members (excludes halogenated alkanes) is 4. The molecule has 0 fully saturated rings. The van der Waals surface area contributed by atoms with Crippen LogP contribution in [0, 0.1) is 0 Å². The molecule has 0 heterocycles. The van der Waals surface area contributed by atoms with Crippen LogP contribution in [-0.2, 0) is 23.0 Å². The summed E-state index contributed by atoms with van der Waals surface area (Å²) in [6.07, 6.45) is 8.55. The molecule has 0 saturated heterocycles. The van der Waals surface area contributed by atoms with Crippen LogP contribution in [-0.4, -0.2) is 13.0 Å². The van der Waals surface area contributed by atoms with Crippen molar-refractivity contribution in [3.8, 4) is 0 Å². The number of rotatable bonds is 9. The van der Waals surface area contributed by atoms with Crippen molar-refractivity contribution in [1.29, 1.82) is 0 Å². The zero-order valence-electron chi connectivity index (χ0n) is 15.7. The third-order valence-corrected chi connectivity index (χ3v) is 5.35. The predicted octanol–water partition coefficient (Wildman–Crippen LogP) is 2.21. The molecule has 0 aliphatic carbocycles. The second-order valence-electron chi connectivity index (χ2n) is 6.48. The van der Waals surface area contributed by atoms with E-state index in [1.165, 1.54) is 24.5 Å². The van der Waals surface area contributed by atoms with Gasteiger partial charge in [-0.2, -0.15) is 0 Å². The molecule has 0 aliphatic heterocycles. The molecule has 2 aromatic rings. The molecule has 0 spiro atoms. The summed E-state index contributed by atoms with van der Waals surface area (Å²) in [5.41, 5.74) is 2.24. The van der Waals surface area contributed by atoms with Gasteiger partial charge in [-0.3, -0.25) is 0 Å². The summed E-state index contributed by atoms with van der Waals surface area (Å²) in [7, 11) is -4.47. The largest absolute Gasteiger partial charge is 1.00 e. The molecule has 3 nitrogen and oxygen atoms in total. The van der Waals surface area contributed by atoms with Gasteiger partial charge < -0.3 is 4.55 Å². The van der Waals surface area contributed by atoms with E-state index in [0.717, 1.165) is 49.5 Å². The molecule has 0 saturated carbocycles. The summed E-state index contributed by atoms with van der Waals surface area (Å²) in [6, 6.07) is 9.17. The van der Waals surface area contributed by atoms with Gasteiger partial charge in [-0.05, 0) is 48.3 Å². The predicted molar refractivity (Wildman–Crippen MR) is 98.4 cm³/mol. The van der Waals surface area contributed by atoms with Crippen molar-refractivity contribution in [2.24, 2.45) is 0 Å². The summed E-state index contributed by atoms with van der Waals surface area (Å²) in [5.74, 6) is 0. The van der Waals surface area contributed by atoms with Gasteiger partial charge in [0, 0.05) is 5.39 Å². The molecule has 0 aliphatic rings. The molecule has 0 unspecified atom stereocenters. The molecule has 0 atom stereocenters. The van der Waals surface area contributed by atoms with E-state index in [0.29, 0.717) is 5.39 Å². The third-order valence-electron chi connectivity index (χ3n) is 4.47. The van der Waals surface area contributed by atoms with Gasteiger partial charge in [-0.25, -0.2) is 8.42 Å². The summed E-state index contributed by atoms with van der Waals surface area (Å²) < 4.78 is 35.0. The average Bonchev–Trinajstić information content (AvgIpc) is 2.54. The quantitative estimate of drug-likeness (QED) is 0.386. The maximum Gasteiger partial charge on any atom is 1.00 e. The fourth-order valence-electron chi connectivity index (χ4n) is 3.24. The monoisotopic (exact) mass is 370 g/mol. The Morgan fingerprint density at radius 1 is 0.920 bits per heavy atom. The van der Waals surface area contributed by atoms with E-state index in [2.05, 4.69) is 19.9 Å². The first kappa shape index (κ1) is 22.7. The Balaban J connectivity index is 0.00000312. The first-order chi connectivity index (χ1) is 11.5. The SMILES string of the molecule is CCCCCc1cc(CCCCC)c2c(S(=O)(=O)[O-])cccc2c1.[Na+]. The molecule has 25 heavy (non-hydrogen) atoms. The second kappa shape index (κ2) is 10.7. The smallest absolute Gasteiger partial charge is 0.744 e. The van der Waals surface area contributed by atoms with Gasteiger partial charge in [0.2, 0.25) is 0 Å². The molecular formula is C20H27NaO3S. The Kier molecular flexibility index (Phi) is 9.68. The van der Waals surface area contributed by atoms with Gasteiger partial charge in [0.15, 0.2) is 0 Å². The molecule has 0 amide bonds. The maximum absolute atomic E-state index is 11.7. The molecule has 2 rings (SSSR count). The number of hydrogen-bond donors (Lipinski definition) is 0. The molecule has 132 valence electrons. The van der Waals surface area contributed by atoms with Crippen LogP contribution in [0.15, 0.2) is 35.2 Å². The van der Waals surface area contributed by atoms with Crippen LogP contribution in [0.25, 0.3) is 10.8 Å². The van der Waals surface area contributed by atoms with Crippen molar-refractivity contribution in [2.75, 3.05) is 0 Å². The van der Waals surface area contributed by atoms with Crippen molar-refractivity contribution in [3.05, 3.63) is 41.5 Å². The average molecular weight is 370 g/mol. The Labute approximate surface area is 174 Å². The number of benzene rings is 2. The van der Waals surface area contributed by atoms with Crippen LogP contribution in [0.4, 0.5) is 0 Å². The number of aryl methyl sites for hydroxylation is 2. The fourth-order valence-corrected chi connectivity index (χ4v) is 3.99. The second-order valence-corrected chi connectivity index (χ2v) is 7.83. The van der Waals surface area contributed by atoms with Crippen LogP contribution in [0.1, 0.15) is 63.5 Å². The standard InChI is InChI=1S/C20H28O3S.Na/c1-3-5-7-10-16-14-17(11-8-6-4-2)20-18(15-16)12-9-13-19(20)24(21,22)23;/h9,12-15H,3-8,10-11H2,1-2H3,(H,21,22,23);/q;+1/p-1. The number of hydrogen-bond acceptors (Lipinski definition) is 3. The molecule has 2 aromatic carbocycles. The van der Waals surface area contributed by atoms with E-state index in [1.807, 2.05) is 12.1 Å². The van der Waals surface area contributed by atoms with Crippen molar-refractivity contribution in [3.63, 3.8) is 0 Å². The van der Waals surface area contributed by atoms with Gasteiger partial charge in [-0.1, -0.05) is 63.8 Å². The Morgan fingerprint density at radius 2 is 1.56 bits per heavy atom. The molecular weight excluding hydrogens is 343 g/mol. The Bertz CT molecular complexity index is 785. The van der Waals surface area contributed by atoms with Crippen LogP contribution < -0.4 is 29.6 Å². The van der Waals surface area contributed by atoms with E-state index in [4.69, 9.17) is 0 Å². The van der Waals surface area contributed by atoms with E-state index in [1.54, 1.807) is 6.07 Å². The Morgan fingerprint density at radius 3 is 2.16 bits per heavy atom. The normalized spacial score (nSPS) is 11.5. The van der Waals surface area contributed by atoms with E-state index in [9.17, 15) is 13.0 Å². The van der Waals surface area contributed by atoms with E-state index in [-0.39, 0.29) is 34.5 Å². The van der Waals surface area contributed by atoms with Crippen molar-refractivity contribution >= 4 is 20.9 Å². The van der Waals surface area contributed by atoms with Crippen LogP contribution >= 0.6 is 0 Å². The van der Waals surface area contributed by atoms with Gasteiger partial charge in [-0.15, -0.1) is 0 Å². The molecule has 5 heteroatoms. The molecule has 0 aromatic heterocycles. The summed E-state index contributed by atoms with van der Waals surface area (Å²) in [4.78, 5) is -0.0772. The van der Waals surface area contributed by atoms with Crippen molar-refractivity contribution in [2.45, 2.75) is 70.1 Å². The van der Waals surface area contributed by atoms with Gasteiger partial charge >= 0.3 is 29.6 Å². The fraction of sp³-hybridized carbons (Fsp3) is 0.500. The van der Waals surface area contributed by atoms with Gasteiger partial charge in [0.05, 0.1) is 4.90 Å². The van der Waals surface area contributed by atoms with Crippen LogP contribution in [0.5, 0.6) is 0 Å². The summed E-state index contributed by atoms with van der Waals surface area (Å²) in [6.45, 7) is 4.33. The van der Waals surface area contributed by atoms with Crippen molar-refractivity contribution < 1.29 is 42.5 Å². The molecule has 0 N–H and O–H groups in total. The zero-order chi connectivity index (χ0) is 17.6. The Hall–Kier alpha value is -0.390. The topological polar surface area (TPSA) is 57.2 Å². The van der Waals surface area contributed by atoms with Crippen LogP contribution in [0.2, 0.25) is 0 Å². The minimum atomic E-state index is -4.47. The maximum atomic E-state index is 11.7. The number of fused-ring (bicyclic) bond motifs is 1. The van der Waals surface area contributed by atoms with E-state index < -0.39 is 10.1 Å². The molecule has 0 bridgehead atoms. The summed E-state index contributed by atoms with van der Waals surface area (Å²) >= 11 is 0. The first-order valence-corrected chi connectivity index (χ1v) is 10.4. The van der Waals surface area contributed by atoms with E-state index >= 15 is 0 Å². The molecule has 0 radical (unpaired) electrons. The third kappa shape index (κ3) is 6.37. The first-order valence-electron chi connectivity index (χ1n) is 8.97. The zero-order valence-corrected chi connectivity index (χ0v) is 18.5.